The number of methoxy groups -OCH3 is 1. The Kier molecular flexibility index (Phi) is 2.73. The van der Waals surface area contributed by atoms with E-state index in [2.05, 4.69) is 30.4 Å². The van der Waals surface area contributed by atoms with Crippen molar-refractivity contribution >= 4 is 5.69 Å². The SMILES string of the molecule is COCC1CCNc2cc(C)ccc21. The van der Waals surface area contributed by atoms with E-state index in [9.17, 15) is 0 Å². The normalized spacial score (nSPS) is 20.0. The fraction of sp³-hybridized carbons (Fsp3) is 0.500. The lowest BCUT2D eigenvalue weighted by molar-refractivity contribution is 0.176. The predicted octanol–water partition coefficient (Wildman–Crippen LogP) is 2.54. The number of aryl methyl sites for hydroxylation is 1. The van der Waals surface area contributed by atoms with Crippen LogP contribution in [-0.4, -0.2) is 20.3 Å². The second-order valence-corrected chi connectivity index (χ2v) is 3.96. The van der Waals surface area contributed by atoms with Gasteiger partial charge in [-0.25, -0.2) is 0 Å². The largest absolute Gasteiger partial charge is 0.385 e. The highest BCUT2D eigenvalue weighted by Gasteiger charge is 2.19. The lowest BCUT2D eigenvalue weighted by atomic mass is 9.91. The Labute approximate surface area is 85.3 Å². The third-order valence-electron chi connectivity index (χ3n) is 2.82. The molecule has 2 nitrogen and oxygen atoms in total. The molecule has 0 saturated carbocycles. The zero-order valence-electron chi connectivity index (χ0n) is 8.84. The monoisotopic (exact) mass is 191 g/mol. The van der Waals surface area contributed by atoms with E-state index in [1.54, 1.807) is 7.11 Å². The third kappa shape index (κ3) is 1.75. The molecule has 0 amide bonds. The maximum Gasteiger partial charge on any atom is 0.0532 e. The molecule has 1 atom stereocenters. The van der Waals surface area contributed by atoms with Crippen molar-refractivity contribution < 1.29 is 4.74 Å². The van der Waals surface area contributed by atoms with Crippen molar-refractivity contribution in [1.29, 1.82) is 0 Å². The van der Waals surface area contributed by atoms with Gasteiger partial charge in [0.2, 0.25) is 0 Å². The van der Waals surface area contributed by atoms with Crippen LogP contribution in [0.5, 0.6) is 0 Å². The lowest BCUT2D eigenvalue weighted by Gasteiger charge is -2.26. The number of hydrogen-bond acceptors (Lipinski definition) is 2. The van der Waals surface area contributed by atoms with Gasteiger partial charge in [0.05, 0.1) is 6.61 Å². The van der Waals surface area contributed by atoms with Gasteiger partial charge in [0, 0.05) is 25.3 Å². The number of fused-ring (bicyclic) bond motifs is 1. The number of ether oxygens (including phenoxy) is 1. The van der Waals surface area contributed by atoms with Gasteiger partial charge in [-0.15, -0.1) is 0 Å². The van der Waals surface area contributed by atoms with Crippen LogP contribution in [0.3, 0.4) is 0 Å². The van der Waals surface area contributed by atoms with Crippen LogP contribution in [0.2, 0.25) is 0 Å². The van der Waals surface area contributed by atoms with Crippen LogP contribution in [0.15, 0.2) is 18.2 Å². The molecule has 2 rings (SSSR count). The fourth-order valence-corrected chi connectivity index (χ4v) is 2.09. The summed E-state index contributed by atoms with van der Waals surface area (Å²) in [5, 5.41) is 3.44. The summed E-state index contributed by atoms with van der Waals surface area (Å²) >= 11 is 0. The van der Waals surface area contributed by atoms with Gasteiger partial charge in [-0.3, -0.25) is 0 Å². The summed E-state index contributed by atoms with van der Waals surface area (Å²) in [6.45, 7) is 4.02. The predicted molar refractivity (Wildman–Crippen MR) is 58.9 cm³/mol. The molecule has 0 bridgehead atoms. The molecule has 1 aromatic rings. The molecule has 1 aliphatic rings. The summed E-state index contributed by atoms with van der Waals surface area (Å²) in [5.41, 5.74) is 4.01. The first-order valence-electron chi connectivity index (χ1n) is 5.14. The van der Waals surface area contributed by atoms with E-state index in [-0.39, 0.29) is 0 Å². The molecule has 2 heteroatoms. The van der Waals surface area contributed by atoms with Crippen LogP contribution in [0, 0.1) is 6.92 Å². The molecule has 14 heavy (non-hydrogen) atoms. The minimum Gasteiger partial charge on any atom is -0.385 e. The van der Waals surface area contributed by atoms with Gasteiger partial charge in [-0.05, 0) is 30.5 Å². The van der Waals surface area contributed by atoms with E-state index in [0.717, 1.165) is 13.2 Å². The molecule has 76 valence electrons. The van der Waals surface area contributed by atoms with Crippen LogP contribution in [-0.2, 0) is 4.74 Å². The van der Waals surface area contributed by atoms with E-state index in [1.807, 2.05) is 0 Å². The highest BCUT2D eigenvalue weighted by molar-refractivity contribution is 5.56. The van der Waals surface area contributed by atoms with Crippen molar-refractivity contribution in [1.82, 2.24) is 0 Å². The Morgan fingerprint density at radius 2 is 2.36 bits per heavy atom. The van der Waals surface area contributed by atoms with Crippen molar-refractivity contribution in [3.8, 4) is 0 Å². The van der Waals surface area contributed by atoms with E-state index >= 15 is 0 Å². The molecule has 0 saturated heterocycles. The minimum atomic E-state index is 0.567. The highest BCUT2D eigenvalue weighted by atomic mass is 16.5. The summed E-state index contributed by atoms with van der Waals surface area (Å²) in [5.74, 6) is 0.567. The van der Waals surface area contributed by atoms with Crippen molar-refractivity contribution in [2.45, 2.75) is 19.3 Å². The maximum absolute atomic E-state index is 5.24. The Hall–Kier alpha value is -1.02. The van der Waals surface area contributed by atoms with E-state index < -0.39 is 0 Å². The summed E-state index contributed by atoms with van der Waals surface area (Å²) < 4.78 is 5.24. The second kappa shape index (κ2) is 4.01. The first kappa shape index (κ1) is 9.53. The minimum absolute atomic E-state index is 0.567. The molecule has 1 aromatic carbocycles. The number of benzene rings is 1. The lowest BCUT2D eigenvalue weighted by Crippen LogP contribution is -2.19. The van der Waals surface area contributed by atoms with Crippen LogP contribution < -0.4 is 5.32 Å². The molecule has 1 aliphatic heterocycles. The van der Waals surface area contributed by atoms with Crippen LogP contribution in [0.25, 0.3) is 0 Å². The quantitative estimate of drug-likeness (QED) is 0.775. The van der Waals surface area contributed by atoms with Gasteiger partial charge in [0.15, 0.2) is 0 Å². The maximum atomic E-state index is 5.24. The van der Waals surface area contributed by atoms with Gasteiger partial charge in [-0.2, -0.15) is 0 Å². The van der Waals surface area contributed by atoms with E-state index in [1.165, 1.54) is 23.2 Å². The summed E-state index contributed by atoms with van der Waals surface area (Å²) in [4.78, 5) is 0. The third-order valence-corrected chi connectivity index (χ3v) is 2.82. The molecule has 0 aromatic heterocycles. The van der Waals surface area contributed by atoms with Gasteiger partial charge in [0.25, 0.3) is 0 Å². The molecule has 0 radical (unpaired) electrons. The van der Waals surface area contributed by atoms with Crippen molar-refractivity contribution in [3.05, 3.63) is 29.3 Å². The number of rotatable bonds is 2. The van der Waals surface area contributed by atoms with Crippen LogP contribution >= 0.6 is 0 Å². The second-order valence-electron chi connectivity index (χ2n) is 3.96. The van der Waals surface area contributed by atoms with Crippen LogP contribution in [0.1, 0.15) is 23.5 Å². The first-order chi connectivity index (χ1) is 6.81. The molecule has 1 N–H and O–H groups in total. The molecular formula is C12H17NO. The number of hydrogen-bond donors (Lipinski definition) is 1. The summed E-state index contributed by atoms with van der Waals surface area (Å²) in [7, 11) is 1.77. The standard InChI is InChI=1S/C12H17NO/c1-9-3-4-11-10(8-14-2)5-6-13-12(11)7-9/h3-4,7,10,13H,5-6,8H2,1-2H3. The fourth-order valence-electron chi connectivity index (χ4n) is 2.09. The van der Waals surface area contributed by atoms with E-state index in [0.29, 0.717) is 5.92 Å². The smallest absolute Gasteiger partial charge is 0.0532 e. The van der Waals surface area contributed by atoms with Gasteiger partial charge < -0.3 is 10.1 Å². The van der Waals surface area contributed by atoms with Gasteiger partial charge >= 0.3 is 0 Å². The van der Waals surface area contributed by atoms with E-state index in [4.69, 9.17) is 4.74 Å². The molecule has 0 aliphatic carbocycles. The molecule has 0 fully saturated rings. The van der Waals surface area contributed by atoms with Crippen molar-refractivity contribution in [2.75, 3.05) is 25.6 Å². The van der Waals surface area contributed by atoms with Crippen molar-refractivity contribution in [3.63, 3.8) is 0 Å². The average molecular weight is 191 g/mol. The summed E-state index contributed by atoms with van der Waals surface area (Å²) in [6, 6.07) is 6.62. The Morgan fingerprint density at radius 3 is 3.14 bits per heavy atom. The molecular weight excluding hydrogens is 174 g/mol. The first-order valence-corrected chi connectivity index (χ1v) is 5.14. The Balaban J connectivity index is 2.30. The Morgan fingerprint density at radius 1 is 1.50 bits per heavy atom. The van der Waals surface area contributed by atoms with Gasteiger partial charge in [-0.1, -0.05) is 12.1 Å². The molecule has 1 heterocycles. The van der Waals surface area contributed by atoms with Crippen LogP contribution in [0.4, 0.5) is 5.69 Å². The number of anilines is 1. The molecule has 1 unspecified atom stereocenters. The van der Waals surface area contributed by atoms with Crippen molar-refractivity contribution in [2.24, 2.45) is 0 Å². The van der Waals surface area contributed by atoms with Gasteiger partial charge in [0.1, 0.15) is 0 Å². The number of nitrogens with one attached hydrogen (secondary N) is 1. The zero-order valence-corrected chi connectivity index (χ0v) is 8.84. The average Bonchev–Trinajstić information content (AvgIpc) is 2.18. The molecule has 0 spiro atoms. The summed E-state index contributed by atoms with van der Waals surface area (Å²) in [6.07, 6.45) is 1.17. The zero-order chi connectivity index (χ0) is 9.97. The highest BCUT2D eigenvalue weighted by Crippen LogP contribution is 2.32. The topological polar surface area (TPSA) is 21.3 Å². The Bertz CT molecular complexity index is 322.